The Morgan fingerprint density at radius 2 is 1.85 bits per heavy atom. The third-order valence-electron chi connectivity index (χ3n) is 4.35. The Balaban J connectivity index is 1.86. The van der Waals surface area contributed by atoms with Crippen LogP contribution in [0.2, 0.25) is 0 Å². The van der Waals surface area contributed by atoms with Gasteiger partial charge in [-0.25, -0.2) is 13.1 Å². The summed E-state index contributed by atoms with van der Waals surface area (Å²) in [4.78, 5) is 0.158. The van der Waals surface area contributed by atoms with Crippen LogP contribution in [0.3, 0.4) is 0 Å². The highest BCUT2D eigenvalue weighted by molar-refractivity contribution is 7.89. The first-order chi connectivity index (χ1) is 12.4. The second-order valence-electron chi connectivity index (χ2n) is 6.12. The molecule has 2 aromatic carbocycles. The highest BCUT2D eigenvalue weighted by Crippen LogP contribution is 2.33. The molecule has 6 nitrogen and oxygen atoms in total. The normalized spacial score (nSPS) is 14.7. The van der Waals surface area contributed by atoms with Gasteiger partial charge in [0.2, 0.25) is 10.0 Å². The molecule has 1 heterocycles. The first-order valence-corrected chi connectivity index (χ1v) is 9.99. The summed E-state index contributed by atoms with van der Waals surface area (Å²) in [5, 5.41) is 0. The number of methoxy groups -OCH3 is 1. The SMILES string of the molecule is CC[C@H](NS(=O)(=O)c1ccc2c(c1)OCCO2)c1ccc(OC)c(C)c1. The lowest BCUT2D eigenvalue weighted by Crippen LogP contribution is -2.28. The van der Waals surface area contributed by atoms with Gasteiger partial charge in [-0.05, 0) is 42.7 Å². The van der Waals surface area contributed by atoms with Gasteiger partial charge in [-0.15, -0.1) is 0 Å². The van der Waals surface area contributed by atoms with Gasteiger partial charge in [-0.2, -0.15) is 0 Å². The smallest absolute Gasteiger partial charge is 0.241 e. The van der Waals surface area contributed by atoms with Crippen molar-refractivity contribution >= 4 is 10.0 Å². The Morgan fingerprint density at radius 1 is 1.12 bits per heavy atom. The monoisotopic (exact) mass is 377 g/mol. The molecule has 3 rings (SSSR count). The zero-order valence-electron chi connectivity index (χ0n) is 15.1. The summed E-state index contributed by atoms with van der Waals surface area (Å²) in [6.45, 7) is 4.75. The van der Waals surface area contributed by atoms with E-state index >= 15 is 0 Å². The van der Waals surface area contributed by atoms with Gasteiger partial charge in [-0.3, -0.25) is 0 Å². The van der Waals surface area contributed by atoms with E-state index in [2.05, 4.69) is 4.72 Å². The number of benzene rings is 2. The second kappa shape index (κ2) is 7.55. The van der Waals surface area contributed by atoms with Crippen molar-refractivity contribution in [3.63, 3.8) is 0 Å². The average Bonchev–Trinajstić information content (AvgIpc) is 2.65. The van der Waals surface area contributed by atoms with Crippen LogP contribution < -0.4 is 18.9 Å². The summed E-state index contributed by atoms with van der Waals surface area (Å²) in [6, 6.07) is 10.0. The van der Waals surface area contributed by atoms with Crippen molar-refractivity contribution in [2.75, 3.05) is 20.3 Å². The number of fused-ring (bicyclic) bond motifs is 1. The summed E-state index contributed by atoms with van der Waals surface area (Å²) in [5.41, 5.74) is 1.86. The molecule has 2 aromatic rings. The number of sulfonamides is 1. The van der Waals surface area contributed by atoms with Crippen molar-refractivity contribution in [1.29, 1.82) is 0 Å². The standard InChI is InChI=1S/C19H23NO5S/c1-4-16(14-5-7-17(23-3)13(2)11-14)20-26(21,22)15-6-8-18-19(12-15)25-10-9-24-18/h5-8,11-12,16,20H,4,9-10H2,1-3H3/t16-/m0/s1. The van der Waals surface area contributed by atoms with Gasteiger partial charge in [-0.1, -0.05) is 19.1 Å². The Hall–Kier alpha value is -2.25. The molecule has 0 unspecified atom stereocenters. The molecule has 0 saturated carbocycles. The number of ether oxygens (including phenoxy) is 3. The fourth-order valence-corrected chi connectivity index (χ4v) is 4.27. The molecule has 0 saturated heterocycles. The number of rotatable bonds is 6. The van der Waals surface area contributed by atoms with E-state index in [1.54, 1.807) is 13.2 Å². The lowest BCUT2D eigenvalue weighted by molar-refractivity contribution is 0.171. The van der Waals surface area contributed by atoms with E-state index in [9.17, 15) is 8.42 Å². The maximum absolute atomic E-state index is 12.8. The van der Waals surface area contributed by atoms with Crippen LogP contribution in [-0.2, 0) is 10.0 Å². The molecular formula is C19H23NO5S. The van der Waals surface area contributed by atoms with Crippen molar-refractivity contribution in [1.82, 2.24) is 4.72 Å². The zero-order chi connectivity index (χ0) is 18.7. The van der Waals surface area contributed by atoms with Crippen molar-refractivity contribution in [2.45, 2.75) is 31.2 Å². The summed E-state index contributed by atoms with van der Waals surface area (Å²) < 4.78 is 44.7. The fourth-order valence-electron chi connectivity index (χ4n) is 2.95. The first kappa shape index (κ1) is 18.5. The molecule has 7 heteroatoms. The molecule has 0 amide bonds. The molecule has 0 spiro atoms. The third kappa shape index (κ3) is 3.78. The van der Waals surface area contributed by atoms with Gasteiger partial charge in [0.25, 0.3) is 0 Å². The first-order valence-electron chi connectivity index (χ1n) is 8.51. The van der Waals surface area contributed by atoms with E-state index in [-0.39, 0.29) is 10.9 Å². The molecule has 1 aliphatic rings. The number of hydrogen-bond acceptors (Lipinski definition) is 5. The van der Waals surface area contributed by atoms with Gasteiger partial charge < -0.3 is 14.2 Å². The topological polar surface area (TPSA) is 73.9 Å². The fraction of sp³-hybridized carbons (Fsp3) is 0.368. The van der Waals surface area contributed by atoms with Crippen LogP contribution >= 0.6 is 0 Å². The maximum atomic E-state index is 12.8. The van der Waals surface area contributed by atoms with E-state index in [0.29, 0.717) is 31.1 Å². The summed E-state index contributed by atoms with van der Waals surface area (Å²) >= 11 is 0. The quantitative estimate of drug-likeness (QED) is 0.837. The number of hydrogen-bond donors (Lipinski definition) is 1. The van der Waals surface area contributed by atoms with Crippen molar-refractivity contribution in [3.05, 3.63) is 47.5 Å². The summed E-state index contributed by atoms with van der Waals surface area (Å²) in [7, 11) is -2.08. The van der Waals surface area contributed by atoms with Crippen molar-refractivity contribution < 1.29 is 22.6 Å². The van der Waals surface area contributed by atoms with Crippen LogP contribution in [0, 0.1) is 6.92 Å². The average molecular weight is 377 g/mol. The second-order valence-corrected chi connectivity index (χ2v) is 7.83. The van der Waals surface area contributed by atoms with Gasteiger partial charge >= 0.3 is 0 Å². The minimum atomic E-state index is -3.70. The molecule has 0 aromatic heterocycles. The van der Waals surface area contributed by atoms with E-state index in [1.807, 2.05) is 32.0 Å². The lowest BCUT2D eigenvalue weighted by Gasteiger charge is -2.21. The van der Waals surface area contributed by atoms with E-state index < -0.39 is 10.0 Å². The van der Waals surface area contributed by atoms with Crippen LogP contribution in [0.1, 0.15) is 30.5 Å². The Kier molecular flexibility index (Phi) is 5.38. The van der Waals surface area contributed by atoms with Crippen LogP contribution in [0.5, 0.6) is 17.2 Å². The third-order valence-corrected chi connectivity index (χ3v) is 5.82. The molecule has 0 fully saturated rings. The van der Waals surface area contributed by atoms with E-state index in [4.69, 9.17) is 14.2 Å². The van der Waals surface area contributed by atoms with Crippen LogP contribution in [0.4, 0.5) is 0 Å². The zero-order valence-corrected chi connectivity index (χ0v) is 15.9. The minimum absolute atomic E-state index is 0.158. The number of aryl methyl sites for hydroxylation is 1. The molecule has 1 aliphatic heterocycles. The van der Waals surface area contributed by atoms with E-state index in [1.165, 1.54) is 12.1 Å². The molecule has 0 aliphatic carbocycles. The highest BCUT2D eigenvalue weighted by atomic mass is 32.2. The lowest BCUT2D eigenvalue weighted by atomic mass is 10.0. The highest BCUT2D eigenvalue weighted by Gasteiger charge is 2.23. The van der Waals surface area contributed by atoms with Crippen LogP contribution in [0.25, 0.3) is 0 Å². The Labute approximate surface area is 154 Å². The molecule has 1 N–H and O–H groups in total. The predicted octanol–water partition coefficient (Wildman–Crippen LogP) is 3.20. The van der Waals surface area contributed by atoms with Gasteiger partial charge in [0.05, 0.1) is 12.0 Å². The van der Waals surface area contributed by atoms with Gasteiger partial charge in [0.1, 0.15) is 19.0 Å². The van der Waals surface area contributed by atoms with Crippen molar-refractivity contribution in [2.24, 2.45) is 0 Å². The van der Waals surface area contributed by atoms with E-state index in [0.717, 1.165) is 16.9 Å². The Morgan fingerprint density at radius 3 is 2.50 bits per heavy atom. The molecule has 140 valence electrons. The minimum Gasteiger partial charge on any atom is -0.496 e. The molecule has 1 atom stereocenters. The predicted molar refractivity (Wildman–Crippen MR) is 98.5 cm³/mol. The van der Waals surface area contributed by atoms with Gasteiger partial charge in [0, 0.05) is 12.1 Å². The largest absolute Gasteiger partial charge is 0.496 e. The summed E-state index contributed by atoms with van der Waals surface area (Å²) in [5.74, 6) is 1.79. The summed E-state index contributed by atoms with van der Waals surface area (Å²) in [6.07, 6.45) is 0.621. The number of nitrogens with one attached hydrogen (secondary N) is 1. The van der Waals surface area contributed by atoms with Crippen molar-refractivity contribution in [3.8, 4) is 17.2 Å². The molecule has 0 radical (unpaired) electrons. The Bertz CT molecular complexity index is 895. The molecular weight excluding hydrogens is 354 g/mol. The molecule has 26 heavy (non-hydrogen) atoms. The maximum Gasteiger partial charge on any atom is 0.241 e. The van der Waals surface area contributed by atoms with Crippen LogP contribution in [-0.4, -0.2) is 28.7 Å². The van der Waals surface area contributed by atoms with Crippen LogP contribution in [0.15, 0.2) is 41.3 Å². The van der Waals surface area contributed by atoms with Gasteiger partial charge in [0.15, 0.2) is 11.5 Å². The molecule has 0 bridgehead atoms.